The Labute approximate surface area is 55.1 Å². The molecular weight excluding hydrogens is 168 g/mol. The maximum atomic E-state index is 4.97. The molecule has 0 atom stereocenters. The fourth-order valence-corrected chi connectivity index (χ4v) is 0.118. The second kappa shape index (κ2) is 9.08. The molecule has 0 aliphatic rings. The van der Waals surface area contributed by atoms with Crippen LogP contribution in [0.25, 0.3) is 0 Å². The van der Waals surface area contributed by atoms with Crippen LogP contribution in [-0.2, 0) is 22.4 Å². The summed E-state index contributed by atoms with van der Waals surface area (Å²) in [4.78, 5) is 0. The van der Waals surface area contributed by atoms with Gasteiger partial charge >= 0.3 is 0 Å². The van der Waals surface area contributed by atoms with Crippen molar-refractivity contribution in [2.75, 3.05) is 0 Å². The van der Waals surface area contributed by atoms with E-state index in [2.05, 4.69) is 6.92 Å². The first-order valence-electron chi connectivity index (χ1n) is 1.74. The molecule has 0 fully saturated rings. The van der Waals surface area contributed by atoms with Gasteiger partial charge in [0.1, 0.15) is 0 Å². The Morgan fingerprint density at radius 2 is 2.17 bits per heavy atom. The van der Waals surface area contributed by atoms with Crippen LogP contribution in [-0.4, -0.2) is 0 Å². The maximum absolute atomic E-state index is 4.97. The summed E-state index contributed by atoms with van der Waals surface area (Å²) in [6, 6.07) is 0. The zero-order chi connectivity index (χ0) is 4.12. The first-order chi connectivity index (χ1) is 2.41. The van der Waals surface area contributed by atoms with Gasteiger partial charge in [0.25, 0.3) is 0 Å². The summed E-state index contributed by atoms with van der Waals surface area (Å²) in [7, 11) is 0. The van der Waals surface area contributed by atoms with Crippen LogP contribution >= 0.6 is 0 Å². The smallest absolute Gasteiger partial charge is 0 e. The summed E-state index contributed by atoms with van der Waals surface area (Å²) in [5.74, 6) is 0. The fraction of sp³-hybridized carbons (Fsp3) is 0.400. The molecular formula is C5H8Ag-2. The van der Waals surface area contributed by atoms with E-state index in [0.717, 1.165) is 12.8 Å². The van der Waals surface area contributed by atoms with E-state index in [0.29, 0.717) is 0 Å². The van der Waals surface area contributed by atoms with Crippen LogP contribution in [0.3, 0.4) is 0 Å². The number of hydrogen-bond acceptors (Lipinski definition) is 0. The predicted octanol–water partition coefficient (Wildman–Crippen LogP) is 1.59. The first kappa shape index (κ1) is 9.70. The number of rotatable bonds is 2. The minimum absolute atomic E-state index is 0. The summed E-state index contributed by atoms with van der Waals surface area (Å²) in [5, 5.41) is 0. The molecule has 1 radical (unpaired) electrons. The van der Waals surface area contributed by atoms with Gasteiger partial charge in [0, 0.05) is 22.4 Å². The molecule has 0 unspecified atom stereocenters. The van der Waals surface area contributed by atoms with Gasteiger partial charge < -0.3 is 13.5 Å². The van der Waals surface area contributed by atoms with Crippen LogP contribution in [0.15, 0.2) is 6.08 Å². The van der Waals surface area contributed by atoms with Crippen LogP contribution in [0.1, 0.15) is 12.8 Å². The monoisotopic (exact) mass is 175 g/mol. The summed E-state index contributed by atoms with van der Waals surface area (Å²) in [6.45, 7) is 8.54. The maximum Gasteiger partial charge on any atom is 0 e. The minimum atomic E-state index is 0. The second-order valence-corrected chi connectivity index (χ2v) is 0.878. The third-order valence-electron chi connectivity index (χ3n) is 0.371. The van der Waals surface area contributed by atoms with Crippen molar-refractivity contribution in [3.63, 3.8) is 0 Å². The molecule has 0 aliphatic carbocycles. The Hall–Kier alpha value is 0.480. The van der Waals surface area contributed by atoms with E-state index in [1.165, 1.54) is 0 Å². The third-order valence-corrected chi connectivity index (χ3v) is 0.371. The Bertz CT molecular complexity index is 25.1. The summed E-state index contributed by atoms with van der Waals surface area (Å²) in [6.07, 6.45) is 3.46. The van der Waals surface area contributed by atoms with Gasteiger partial charge in [-0.25, -0.2) is 0 Å². The molecule has 0 rings (SSSR count). The van der Waals surface area contributed by atoms with Gasteiger partial charge in [-0.3, -0.25) is 6.08 Å². The average molecular weight is 176 g/mol. The van der Waals surface area contributed by atoms with Gasteiger partial charge in [0.2, 0.25) is 0 Å². The van der Waals surface area contributed by atoms with E-state index in [1.54, 1.807) is 6.08 Å². The molecule has 0 saturated carbocycles. The van der Waals surface area contributed by atoms with E-state index < -0.39 is 0 Å². The zero-order valence-electron chi connectivity index (χ0n) is 3.58. The van der Waals surface area contributed by atoms with Gasteiger partial charge in [-0.05, 0) is 0 Å². The Kier molecular flexibility index (Phi) is 14.7. The van der Waals surface area contributed by atoms with E-state index >= 15 is 0 Å². The summed E-state index contributed by atoms with van der Waals surface area (Å²) < 4.78 is 0. The van der Waals surface area contributed by atoms with E-state index in [9.17, 15) is 0 Å². The van der Waals surface area contributed by atoms with Crippen LogP contribution in [0.5, 0.6) is 0 Å². The molecule has 0 nitrogen and oxygen atoms in total. The molecule has 0 bridgehead atoms. The molecule has 6 heavy (non-hydrogen) atoms. The Balaban J connectivity index is 0. The van der Waals surface area contributed by atoms with E-state index in [-0.39, 0.29) is 22.4 Å². The van der Waals surface area contributed by atoms with Crippen molar-refractivity contribution in [1.29, 1.82) is 0 Å². The normalized spacial score (nSPS) is 6.17. The summed E-state index contributed by atoms with van der Waals surface area (Å²) >= 11 is 0. The second-order valence-electron chi connectivity index (χ2n) is 0.878. The molecule has 41 valence electrons. The Morgan fingerprint density at radius 1 is 1.67 bits per heavy atom. The SMILES string of the molecule is [Ag].[CH-]=CCC[CH2-]. The Morgan fingerprint density at radius 3 is 2.17 bits per heavy atom. The number of allylic oxidation sites excluding steroid dienone is 1. The van der Waals surface area contributed by atoms with Gasteiger partial charge in [-0.1, -0.05) is 6.42 Å². The molecule has 1 heteroatoms. The predicted molar refractivity (Wildman–Crippen MR) is 23.5 cm³/mol. The van der Waals surface area contributed by atoms with Gasteiger partial charge in [0.15, 0.2) is 0 Å². The van der Waals surface area contributed by atoms with E-state index in [4.69, 9.17) is 6.58 Å². The van der Waals surface area contributed by atoms with Crippen molar-refractivity contribution in [2.45, 2.75) is 12.8 Å². The molecule has 0 spiro atoms. The molecule has 0 heterocycles. The third kappa shape index (κ3) is 8.82. The molecule has 0 saturated heterocycles. The van der Waals surface area contributed by atoms with E-state index in [1.807, 2.05) is 0 Å². The van der Waals surface area contributed by atoms with Gasteiger partial charge in [-0.15, -0.1) is 0 Å². The zero-order valence-corrected chi connectivity index (χ0v) is 5.06. The van der Waals surface area contributed by atoms with Crippen LogP contribution in [0, 0.1) is 13.5 Å². The molecule has 0 N–H and O–H groups in total. The fourth-order valence-electron chi connectivity index (χ4n) is 0.118. The van der Waals surface area contributed by atoms with Crippen molar-refractivity contribution in [3.8, 4) is 0 Å². The van der Waals surface area contributed by atoms with Crippen molar-refractivity contribution in [3.05, 3.63) is 19.6 Å². The standard InChI is InChI=1S/C5H8.Ag/c1-3-5-4-2;/h1,3H,2,4-5H2;/q-2;. The van der Waals surface area contributed by atoms with Crippen LogP contribution in [0.4, 0.5) is 0 Å². The van der Waals surface area contributed by atoms with Crippen LogP contribution < -0.4 is 0 Å². The average Bonchev–Trinajstić information content (AvgIpc) is 1.41. The molecule has 0 aromatic carbocycles. The largest absolute Gasteiger partial charge is 0.518 e. The van der Waals surface area contributed by atoms with Crippen molar-refractivity contribution in [2.24, 2.45) is 0 Å². The quantitative estimate of drug-likeness (QED) is 0.442. The number of unbranched alkanes of at least 4 members (excludes halogenated alkanes) is 1. The summed E-state index contributed by atoms with van der Waals surface area (Å²) in [5.41, 5.74) is 0. The topological polar surface area (TPSA) is 0 Å². The van der Waals surface area contributed by atoms with Crippen molar-refractivity contribution >= 4 is 0 Å². The molecule has 0 aromatic heterocycles. The van der Waals surface area contributed by atoms with Crippen LogP contribution in [0.2, 0.25) is 0 Å². The molecule has 0 amide bonds. The van der Waals surface area contributed by atoms with Crippen molar-refractivity contribution < 1.29 is 22.4 Å². The van der Waals surface area contributed by atoms with Gasteiger partial charge in [-0.2, -0.15) is 6.42 Å². The van der Waals surface area contributed by atoms with Gasteiger partial charge in [0.05, 0.1) is 0 Å². The minimum Gasteiger partial charge on any atom is -0.518 e. The number of hydrogen-bond donors (Lipinski definition) is 0. The molecule has 0 aliphatic heterocycles. The molecule has 0 aromatic rings. The first-order valence-corrected chi connectivity index (χ1v) is 1.74. The van der Waals surface area contributed by atoms with Crippen molar-refractivity contribution in [1.82, 2.24) is 0 Å².